The van der Waals surface area contributed by atoms with E-state index >= 15 is 4.79 Å². The lowest BCUT2D eigenvalue weighted by Gasteiger charge is -2.26. The van der Waals surface area contributed by atoms with Gasteiger partial charge in [-0.1, -0.05) is 60.1 Å². The minimum absolute atomic E-state index is 0.0198. The molecule has 0 spiro atoms. The Balaban J connectivity index is 1.35. The van der Waals surface area contributed by atoms with Crippen LogP contribution in [0.25, 0.3) is 21.7 Å². The van der Waals surface area contributed by atoms with Crippen molar-refractivity contribution in [2.75, 3.05) is 25.8 Å². The van der Waals surface area contributed by atoms with E-state index in [2.05, 4.69) is 10.6 Å². The predicted octanol–water partition coefficient (Wildman–Crippen LogP) is 9.50. The Hall–Kier alpha value is -6.58. The summed E-state index contributed by atoms with van der Waals surface area (Å²) in [6, 6.07) is 24.8. The normalized spacial score (nSPS) is 12.8. The number of halogens is 1. The number of hydrogen-bond acceptors (Lipinski definition) is 12. The van der Waals surface area contributed by atoms with Crippen molar-refractivity contribution in [1.29, 1.82) is 0 Å². The number of anilines is 1. The van der Waals surface area contributed by atoms with Gasteiger partial charge in [-0.25, -0.2) is 22.8 Å². The molecule has 342 valence electrons. The van der Waals surface area contributed by atoms with Crippen LogP contribution in [-0.4, -0.2) is 74.5 Å². The Morgan fingerprint density at radius 2 is 1.46 bits per heavy atom. The fraction of sp³-hybridized carbons (Fsp3) is 0.306. The summed E-state index contributed by atoms with van der Waals surface area (Å²) in [6.45, 7) is 9.96. The molecule has 0 radical (unpaired) electrons. The fourth-order valence-electron chi connectivity index (χ4n) is 7.14. The van der Waals surface area contributed by atoms with E-state index in [1.54, 1.807) is 101 Å². The smallest absolute Gasteiger partial charge is 0.408 e. The van der Waals surface area contributed by atoms with Gasteiger partial charge in [-0.15, -0.1) is 0 Å². The van der Waals surface area contributed by atoms with Crippen molar-refractivity contribution in [2.45, 2.75) is 82.9 Å². The van der Waals surface area contributed by atoms with Crippen molar-refractivity contribution < 1.29 is 51.3 Å². The minimum atomic E-state index is -3.68. The third kappa shape index (κ3) is 12.2. The molecule has 16 heteroatoms. The van der Waals surface area contributed by atoms with Gasteiger partial charge in [-0.05, 0) is 101 Å². The number of amides is 1. The number of nitrogens with one attached hydrogen (secondary N) is 2. The third-order valence-electron chi connectivity index (χ3n) is 9.93. The van der Waals surface area contributed by atoms with Gasteiger partial charge in [-0.2, -0.15) is 0 Å². The molecular formula is C49H52ClN3O11S. The second-order valence-electron chi connectivity index (χ2n) is 17.4. The number of ether oxygens (including phenoxy) is 5. The van der Waals surface area contributed by atoms with Gasteiger partial charge in [0, 0.05) is 52.0 Å². The summed E-state index contributed by atoms with van der Waals surface area (Å²) in [7, 11) is -0.802. The Labute approximate surface area is 383 Å². The van der Waals surface area contributed by atoms with Gasteiger partial charge in [0.1, 0.15) is 34.8 Å². The zero-order chi connectivity index (χ0) is 47.4. The number of sulfone groups is 1. The number of benzene rings is 5. The van der Waals surface area contributed by atoms with Crippen LogP contribution in [0.4, 0.5) is 10.5 Å². The van der Waals surface area contributed by atoms with Crippen LogP contribution in [-0.2, 0) is 42.0 Å². The van der Waals surface area contributed by atoms with Gasteiger partial charge in [-0.3, -0.25) is 4.79 Å². The van der Waals surface area contributed by atoms with Crippen LogP contribution in [0, 0.1) is 0 Å². The average Bonchev–Trinajstić information content (AvgIpc) is 3.61. The van der Waals surface area contributed by atoms with Crippen LogP contribution >= 0.6 is 11.6 Å². The molecule has 0 aliphatic heterocycles. The second kappa shape index (κ2) is 19.3. The van der Waals surface area contributed by atoms with Crippen molar-refractivity contribution in [3.8, 4) is 11.5 Å². The van der Waals surface area contributed by atoms with Gasteiger partial charge in [0.2, 0.25) is 0 Å². The number of hydrogen-bond donors (Lipinski definition) is 2. The predicted molar refractivity (Wildman–Crippen MR) is 249 cm³/mol. The number of esters is 2. The van der Waals surface area contributed by atoms with Gasteiger partial charge >= 0.3 is 18.0 Å². The molecule has 0 saturated carbocycles. The van der Waals surface area contributed by atoms with E-state index < -0.39 is 56.9 Å². The number of aromatic nitrogens is 1. The third-order valence-corrected chi connectivity index (χ3v) is 11.2. The molecule has 6 rings (SSSR count). The summed E-state index contributed by atoms with van der Waals surface area (Å²) >= 11 is 6.54. The standard InChI is InChI=1S/C49H52ClN3O11S/c1-48(2,3)63-46(56)41(52-47(57)64-49(4,5)6)20-29-13-12-15-31(19-29)45(55)62-28-53-27-40(39-18-17-30-14-10-11-16-38(30)43(39)53)44(54)42(32-21-33(50)23-35(22-32)60-7)51-34-24-36(61-8)26-37(25-34)65(9,58)59/h10-19,21-27,41-42,51H,20,28H2,1-9H3,(H,52,57)/t41-,42-/m0/s1. The number of carbonyl (C=O) groups is 4. The molecule has 0 unspecified atom stereocenters. The van der Waals surface area contributed by atoms with Crippen LogP contribution in [0.1, 0.15) is 79.4 Å². The Kier molecular flexibility index (Phi) is 14.2. The first-order chi connectivity index (χ1) is 30.5. The minimum Gasteiger partial charge on any atom is -0.497 e. The van der Waals surface area contributed by atoms with Crippen molar-refractivity contribution in [1.82, 2.24) is 9.88 Å². The first-order valence-corrected chi connectivity index (χ1v) is 22.8. The molecule has 5 aromatic carbocycles. The molecule has 0 fully saturated rings. The number of nitrogens with zero attached hydrogens (tertiary/aromatic N) is 1. The number of alkyl carbamates (subject to hydrolysis) is 1. The molecule has 1 amide bonds. The summed E-state index contributed by atoms with van der Waals surface area (Å²) < 4.78 is 54.9. The van der Waals surface area contributed by atoms with Crippen molar-refractivity contribution >= 4 is 72.6 Å². The molecule has 2 atom stereocenters. The van der Waals surface area contributed by atoms with Crippen LogP contribution < -0.4 is 20.1 Å². The van der Waals surface area contributed by atoms with Crippen molar-refractivity contribution in [3.05, 3.63) is 131 Å². The van der Waals surface area contributed by atoms with E-state index in [4.69, 9.17) is 35.3 Å². The Morgan fingerprint density at radius 3 is 2.14 bits per heavy atom. The summed E-state index contributed by atoms with van der Waals surface area (Å²) in [5.74, 6) is -1.15. The maximum absolute atomic E-state index is 15.1. The Bertz CT molecular complexity index is 2900. The van der Waals surface area contributed by atoms with E-state index in [9.17, 15) is 22.8 Å². The van der Waals surface area contributed by atoms with E-state index in [0.717, 1.165) is 17.0 Å². The lowest BCUT2D eigenvalue weighted by atomic mass is 9.95. The SMILES string of the molecule is COc1cc(Cl)cc([C@H](Nc2cc(OC)cc(S(C)(=O)=O)c2)C(=O)c2cn(COC(=O)c3cccc(C[C@H](NC(=O)OC(C)(C)C)C(=O)OC(C)(C)C)c3)c3c2ccc2ccccc23)c1. The number of Topliss-reactive ketones (excluding diaryl/α,β-unsaturated/α-hetero) is 1. The van der Waals surface area contributed by atoms with Gasteiger partial charge in [0.25, 0.3) is 0 Å². The molecule has 0 bridgehead atoms. The number of fused-ring (bicyclic) bond motifs is 3. The molecular weight excluding hydrogens is 874 g/mol. The summed E-state index contributed by atoms with van der Waals surface area (Å²) in [5, 5.41) is 8.35. The maximum Gasteiger partial charge on any atom is 0.408 e. The van der Waals surface area contributed by atoms with Crippen molar-refractivity contribution in [2.24, 2.45) is 0 Å². The van der Waals surface area contributed by atoms with Crippen LogP contribution in [0.2, 0.25) is 5.02 Å². The highest BCUT2D eigenvalue weighted by Crippen LogP contribution is 2.36. The highest BCUT2D eigenvalue weighted by Gasteiger charge is 2.31. The molecule has 2 N–H and O–H groups in total. The van der Waals surface area contributed by atoms with Crippen molar-refractivity contribution in [3.63, 3.8) is 0 Å². The monoisotopic (exact) mass is 925 g/mol. The molecule has 1 heterocycles. The quantitative estimate of drug-likeness (QED) is 0.0567. The van der Waals surface area contributed by atoms with E-state index in [0.29, 0.717) is 32.8 Å². The lowest BCUT2D eigenvalue weighted by Crippen LogP contribution is -2.47. The van der Waals surface area contributed by atoms with Gasteiger partial charge < -0.3 is 38.9 Å². The average molecular weight is 926 g/mol. The maximum atomic E-state index is 15.1. The highest BCUT2D eigenvalue weighted by atomic mass is 35.5. The molecule has 0 aliphatic rings. The molecule has 14 nitrogen and oxygen atoms in total. The molecule has 1 aromatic heterocycles. The van der Waals surface area contributed by atoms with E-state index in [1.165, 1.54) is 26.4 Å². The largest absolute Gasteiger partial charge is 0.497 e. The van der Waals surface area contributed by atoms with E-state index in [1.807, 2.05) is 36.4 Å². The Morgan fingerprint density at radius 1 is 0.769 bits per heavy atom. The van der Waals surface area contributed by atoms with Gasteiger partial charge in [0.05, 0.1) is 30.2 Å². The highest BCUT2D eigenvalue weighted by molar-refractivity contribution is 7.90. The number of methoxy groups -OCH3 is 2. The molecule has 65 heavy (non-hydrogen) atoms. The molecule has 6 aromatic rings. The van der Waals surface area contributed by atoms with Crippen LogP contribution in [0.3, 0.4) is 0 Å². The molecule has 0 saturated heterocycles. The first kappa shape index (κ1) is 47.9. The zero-order valence-electron chi connectivity index (χ0n) is 37.6. The first-order valence-electron chi connectivity index (χ1n) is 20.6. The zero-order valence-corrected chi connectivity index (χ0v) is 39.2. The van der Waals surface area contributed by atoms with Crippen LogP contribution in [0.5, 0.6) is 11.5 Å². The summed E-state index contributed by atoms with van der Waals surface area (Å²) in [4.78, 5) is 55.0. The lowest BCUT2D eigenvalue weighted by molar-refractivity contribution is -0.157. The molecule has 0 aliphatic carbocycles. The van der Waals surface area contributed by atoms with Crippen LogP contribution in [0.15, 0.2) is 108 Å². The topological polar surface area (TPSA) is 178 Å². The van der Waals surface area contributed by atoms with Gasteiger partial charge in [0.15, 0.2) is 22.4 Å². The fourth-order valence-corrected chi connectivity index (χ4v) is 8.04. The summed E-state index contributed by atoms with van der Waals surface area (Å²) in [5.41, 5.74) is 0.635. The summed E-state index contributed by atoms with van der Waals surface area (Å²) in [6.07, 6.45) is 1.87. The number of rotatable bonds is 15. The second-order valence-corrected chi connectivity index (χ2v) is 19.9. The van der Waals surface area contributed by atoms with E-state index in [-0.39, 0.29) is 40.6 Å². The number of ketones is 1. The number of carbonyl (C=O) groups excluding carboxylic acids is 4.